The van der Waals surface area contributed by atoms with E-state index < -0.39 is 0 Å². The molecule has 0 N–H and O–H groups in total. The molecule has 0 fully saturated rings. The van der Waals surface area contributed by atoms with Crippen LogP contribution in [-0.2, 0) is 19.5 Å². The molecule has 0 amide bonds. The minimum absolute atomic E-state index is 0.0518. The summed E-state index contributed by atoms with van der Waals surface area (Å²) in [5.74, 6) is 0.754. The molecule has 160 valence electrons. The van der Waals surface area contributed by atoms with E-state index in [1.807, 2.05) is 72.3 Å². The molecule has 3 heterocycles. The van der Waals surface area contributed by atoms with E-state index in [1.54, 1.807) is 0 Å². The van der Waals surface area contributed by atoms with Gasteiger partial charge in [-0.25, -0.2) is 4.98 Å². The first kappa shape index (κ1) is 20.3. The van der Waals surface area contributed by atoms with Crippen molar-refractivity contribution >= 4 is 0 Å². The van der Waals surface area contributed by atoms with E-state index in [1.165, 1.54) is 0 Å². The van der Waals surface area contributed by atoms with Crippen LogP contribution in [0.3, 0.4) is 0 Å². The zero-order chi connectivity index (χ0) is 21.9. The van der Waals surface area contributed by atoms with E-state index in [-0.39, 0.29) is 11.6 Å². The zero-order valence-electron chi connectivity index (χ0n) is 18.2. The van der Waals surface area contributed by atoms with E-state index in [4.69, 9.17) is 4.98 Å². The third-order valence-corrected chi connectivity index (χ3v) is 6.12. The molecule has 0 saturated carbocycles. The maximum absolute atomic E-state index is 13.9. The summed E-state index contributed by atoms with van der Waals surface area (Å²) in [5.41, 5.74) is 4.95. The highest BCUT2D eigenvalue weighted by atomic mass is 16.1. The van der Waals surface area contributed by atoms with Gasteiger partial charge in [0.15, 0.2) is 0 Å². The van der Waals surface area contributed by atoms with Crippen LogP contribution in [0, 0.1) is 6.92 Å². The first-order valence-corrected chi connectivity index (χ1v) is 11.0. The van der Waals surface area contributed by atoms with Crippen molar-refractivity contribution in [2.24, 2.45) is 0 Å². The molecule has 5 rings (SSSR count). The Balaban J connectivity index is 1.57. The number of benzene rings is 2. The molecule has 0 bridgehead atoms. The fourth-order valence-corrected chi connectivity index (χ4v) is 4.59. The Morgan fingerprint density at radius 3 is 2.19 bits per heavy atom. The van der Waals surface area contributed by atoms with Gasteiger partial charge in [0.1, 0.15) is 5.82 Å². The molecule has 0 atom stereocenters. The van der Waals surface area contributed by atoms with Gasteiger partial charge in [-0.1, -0.05) is 66.7 Å². The summed E-state index contributed by atoms with van der Waals surface area (Å²) >= 11 is 0. The lowest BCUT2D eigenvalue weighted by Crippen LogP contribution is -2.40. The summed E-state index contributed by atoms with van der Waals surface area (Å²) in [6.07, 6.45) is 2.59. The van der Waals surface area contributed by atoms with E-state index in [0.717, 1.165) is 53.4 Å². The first-order chi connectivity index (χ1) is 15.7. The minimum atomic E-state index is -0.214. The van der Waals surface area contributed by atoms with Gasteiger partial charge < -0.3 is 0 Å². The molecule has 0 unspecified atom stereocenters. The molecule has 2 aromatic carbocycles. The minimum Gasteiger partial charge on any atom is -0.293 e. The van der Waals surface area contributed by atoms with Crippen LogP contribution >= 0.6 is 0 Å². The number of aromatic nitrogens is 3. The Bertz CT molecular complexity index is 1210. The number of rotatable bonds is 5. The Labute approximate surface area is 188 Å². The maximum Gasteiger partial charge on any atom is 0.259 e. The number of pyridine rings is 1. The summed E-state index contributed by atoms with van der Waals surface area (Å²) in [5, 5.41) is 0. The van der Waals surface area contributed by atoms with Crippen LogP contribution in [0.5, 0.6) is 0 Å². The first-order valence-electron chi connectivity index (χ1n) is 11.0. The van der Waals surface area contributed by atoms with Gasteiger partial charge in [0, 0.05) is 32.3 Å². The average Bonchev–Trinajstić information content (AvgIpc) is 2.84. The van der Waals surface area contributed by atoms with Crippen LogP contribution in [0.2, 0.25) is 0 Å². The second kappa shape index (κ2) is 8.89. The van der Waals surface area contributed by atoms with Crippen LogP contribution in [-0.4, -0.2) is 26.0 Å². The Morgan fingerprint density at radius 1 is 0.906 bits per heavy atom. The number of hydrogen-bond acceptors (Lipinski definition) is 4. The number of fused-ring (bicyclic) bond motifs is 1. The van der Waals surface area contributed by atoms with Crippen molar-refractivity contribution in [3.63, 3.8) is 0 Å². The lowest BCUT2D eigenvalue weighted by atomic mass is 9.97. The average molecular weight is 423 g/mol. The van der Waals surface area contributed by atoms with Crippen LogP contribution in [0.1, 0.15) is 39.9 Å². The Morgan fingerprint density at radius 2 is 1.56 bits per heavy atom. The van der Waals surface area contributed by atoms with Crippen molar-refractivity contribution in [2.45, 2.75) is 32.5 Å². The van der Waals surface area contributed by atoms with Crippen molar-refractivity contribution in [1.29, 1.82) is 0 Å². The van der Waals surface area contributed by atoms with Gasteiger partial charge >= 0.3 is 0 Å². The molecule has 2 aromatic heterocycles. The third kappa shape index (κ3) is 3.99. The van der Waals surface area contributed by atoms with Gasteiger partial charge in [-0.15, -0.1) is 0 Å². The highest BCUT2D eigenvalue weighted by Gasteiger charge is 2.27. The smallest absolute Gasteiger partial charge is 0.259 e. The summed E-state index contributed by atoms with van der Waals surface area (Å²) < 4.78 is 1.87. The van der Waals surface area contributed by atoms with Crippen molar-refractivity contribution in [3.05, 3.63) is 129 Å². The summed E-state index contributed by atoms with van der Waals surface area (Å²) in [6.45, 7) is 4.14. The molecule has 5 heteroatoms. The quantitative estimate of drug-likeness (QED) is 0.485. The highest BCUT2D eigenvalue weighted by molar-refractivity contribution is 5.34. The molecule has 4 aromatic rings. The monoisotopic (exact) mass is 422 g/mol. The zero-order valence-corrected chi connectivity index (χ0v) is 18.2. The largest absolute Gasteiger partial charge is 0.293 e. The van der Waals surface area contributed by atoms with Crippen molar-refractivity contribution < 1.29 is 0 Å². The van der Waals surface area contributed by atoms with Crippen LogP contribution in [0.4, 0.5) is 0 Å². The number of hydrogen-bond donors (Lipinski definition) is 0. The molecule has 0 saturated heterocycles. The second-order valence-corrected chi connectivity index (χ2v) is 8.27. The third-order valence-electron chi connectivity index (χ3n) is 6.12. The standard InChI is InChI=1S/C27H26N4O/c1-20-29-25-15-17-30(18-23-14-8-9-16-28-23)19-24(25)27(32)31(20)26(21-10-4-2-5-11-21)22-12-6-3-7-13-22/h2-14,16,26H,15,17-19H2,1H3. The molecule has 0 radical (unpaired) electrons. The van der Waals surface area contributed by atoms with E-state index >= 15 is 0 Å². The summed E-state index contributed by atoms with van der Waals surface area (Å²) in [4.78, 5) is 25.5. The highest BCUT2D eigenvalue weighted by Crippen LogP contribution is 2.27. The van der Waals surface area contributed by atoms with Crippen LogP contribution in [0.25, 0.3) is 0 Å². The van der Waals surface area contributed by atoms with Gasteiger partial charge in [-0.05, 0) is 30.2 Å². The molecule has 0 aliphatic carbocycles. The van der Waals surface area contributed by atoms with E-state index in [2.05, 4.69) is 34.1 Å². The van der Waals surface area contributed by atoms with Crippen molar-refractivity contribution in [3.8, 4) is 0 Å². The van der Waals surface area contributed by atoms with Gasteiger partial charge in [-0.2, -0.15) is 0 Å². The fourth-order valence-electron chi connectivity index (χ4n) is 4.59. The Hall–Kier alpha value is -3.57. The van der Waals surface area contributed by atoms with Gasteiger partial charge in [0.2, 0.25) is 0 Å². The van der Waals surface area contributed by atoms with Gasteiger partial charge in [0.25, 0.3) is 5.56 Å². The van der Waals surface area contributed by atoms with E-state index in [9.17, 15) is 4.79 Å². The van der Waals surface area contributed by atoms with Crippen molar-refractivity contribution in [1.82, 2.24) is 19.4 Å². The molecule has 1 aliphatic rings. The predicted octanol–water partition coefficient (Wildman–Crippen LogP) is 4.14. The number of aryl methyl sites for hydroxylation is 1. The summed E-state index contributed by atoms with van der Waals surface area (Å²) in [6, 6.07) is 26.1. The second-order valence-electron chi connectivity index (χ2n) is 8.27. The molecule has 1 aliphatic heterocycles. The molecular formula is C27H26N4O. The van der Waals surface area contributed by atoms with Gasteiger partial charge in [0.05, 0.1) is 23.0 Å². The van der Waals surface area contributed by atoms with Crippen molar-refractivity contribution in [2.75, 3.05) is 6.54 Å². The maximum atomic E-state index is 13.9. The topological polar surface area (TPSA) is 51.0 Å². The molecule has 5 nitrogen and oxygen atoms in total. The SMILES string of the molecule is Cc1nc2c(c(=O)n1C(c1ccccc1)c1ccccc1)CN(Cc1ccccn1)CC2. The number of nitrogens with zero attached hydrogens (tertiary/aromatic N) is 4. The summed E-state index contributed by atoms with van der Waals surface area (Å²) in [7, 11) is 0. The Kier molecular flexibility index (Phi) is 5.65. The fraction of sp³-hybridized carbons (Fsp3) is 0.222. The predicted molar refractivity (Wildman–Crippen MR) is 125 cm³/mol. The van der Waals surface area contributed by atoms with E-state index in [0.29, 0.717) is 6.54 Å². The lowest BCUT2D eigenvalue weighted by Gasteiger charge is -2.30. The van der Waals surface area contributed by atoms with Crippen LogP contribution in [0.15, 0.2) is 89.9 Å². The molecule has 32 heavy (non-hydrogen) atoms. The molecular weight excluding hydrogens is 396 g/mol. The van der Waals surface area contributed by atoms with Crippen LogP contribution < -0.4 is 5.56 Å². The lowest BCUT2D eigenvalue weighted by molar-refractivity contribution is 0.237. The van der Waals surface area contributed by atoms with Gasteiger partial charge in [-0.3, -0.25) is 19.2 Å². The molecule has 0 spiro atoms. The normalized spacial score (nSPS) is 13.8.